The summed E-state index contributed by atoms with van der Waals surface area (Å²) in [5, 5.41) is 3.59. The highest BCUT2D eigenvalue weighted by molar-refractivity contribution is 7.98. The smallest absolute Gasteiger partial charge is 0.251 e. The van der Waals surface area contributed by atoms with Crippen LogP contribution in [-0.4, -0.2) is 52.9 Å². The van der Waals surface area contributed by atoms with Gasteiger partial charge in [-0.25, -0.2) is 9.97 Å². The Morgan fingerprint density at radius 3 is 2.50 bits per heavy atom. The number of hydrogen-bond acceptors (Lipinski definition) is 7. The Bertz CT molecular complexity index is 1110. The van der Waals surface area contributed by atoms with Crippen LogP contribution < -0.4 is 10.2 Å². The molecule has 9 heteroatoms. The van der Waals surface area contributed by atoms with Gasteiger partial charge in [-0.3, -0.25) is 9.59 Å². The first-order valence-corrected chi connectivity index (χ1v) is 12.4. The van der Waals surface area contributed by atoms with E-state index in [2.05, 4.69) is 22.1 Å². The van der Waals surface area contributed by atoms with Gasteiger partial charge in [-0.1, -0.05) is 30.8 Å². The molecule has 0 radical (unpaired) electrons. The van der Waals surface area contributed by atoms with Crippen molar-refractivity contribution in [2.24, 2.45) is 0 Å². The molecule has 1 saturated heterocycles. The van der Waals surface area contributed by atoms with Crippen LogP contribution in [-0.2, 0) is 23.5 Å². The fourth-order valence-electron chi connectivity index (χ4n) is 3.70. The van der Waals surface area contributed by atoms with E-state index in [1.165, 1.54) is 0 Å². The number of carbonyl (C=O) groups is 2. The Kier molecular flexibility index (Phi) is 7.84. The summed E-state index contributed by atoms with van der Waals surface area (Å²) in [7, 11) is 0. The Labute approximate surface area is 203 Å². The maximum atomic E-state index is 12.3. The van der Waals surface area contributed by atoms with Gasteiger partial charge in [0.15, 0.2) is 5.16 Å². The molecule has 0 atom stereocenters. The summed E-state index contributed by atoms with van der Waals surface area (Å²) < 4.78 is 5.24. The summed E-state index contributed by atoms with van der Waals surface area (Å²) in [6.45, 7) is 7.03. The number of furan rings is 1. The van der Waals surface area contributed by atoms with E-state index in [0.29, 0.717) is 31.0 Å². The van der Waals surface area contributed by atoms with Crippen LogP contribution in [0.25, 0.3) is 0 Å². The van der Waals surface area contributed by atoms with Crippen LogP contribution in [0.3, 0.4) is 0 Å². The maximum Gasteiger partial charge on any atom is 0.251 e. The molecule has 1 aliphatic heterocycles. The zero-order valence-corrected chi connectivity index (χ0v) is 20.3. The van der Waals surface area contributed by atoms with Crippen LogP contribution in [0, 0.1) is 0 Å². The fraction of sp³-hybridized carbons (Fsp3) is 0.360. The zero-order valence-electron chi connectivity index (χ0n) is 19.5. The van der Waals surface area contributed by atoms with Crippen molar-refractivity contribution in [2.75, 3.05) is 31.1 Å². The van der Waals surface area contributed by atoms with E-state index in [1.54, 1.807) is 31.0 Å². The third-order valence-corrected chi connectivity index (χ3v) is 6.66. The van der Waals surface area contributed by atoms with Crippen LogP contribution in [0.4, 0.5) is 5.82 Å². The molecule has 0 aliphatic carbocycles. The Morgan fingerprint density at radius 2 is 1.85 bits per heavy atom. The third-order valence-electron chi connectivity index (χ3n) is 5.74. The first-order chi connectivity index (χ1) is 16.5. The van der Waals surface area contributed by atoms with E-state index in [1.807, 2.05) is 41.3 Å². The van der Waals surface area contributed by atoms with E-state index in [-0.39, 0.29) is 11.8 Å². The first-order valence-electron chi connectivity index (χ1n) is 11.4. The second kappa shape index (κ2) is 11.2. The number of benzene rings is 1. The van der Waals surface area contributed by atoms with Crippen LogP contribution in [0.2, 0.25) is 0 Å². The molecule has 2 amide bonds. The van der Waals surface area contributed by atoms with Crippen molar-refractivity contribution in [3.63, 3.8) is 0 Å². The molecule has 3 aromatic rings. The molecular formula is C25H29N5O3S. The van der Waals surface area contributed by atoms with E-state index in [0.717, 1.165) is 47.5 Å². The molecule has 1 N–H and O–H groups in total. The number of aromatic nitrogens is 2. The summed E-state index contributed by atoms with van der Waals surface area (Å²) in [5.74, 6) is 2.33. The van der Waals surface area contributed by atoms with Gasteiger partial charge in [-0.15, -0.1) is 0 Å². The molecule has 34 heavy (non-hydrogen) atoms. The summed E-state index contributed by atoms with van der Waals surface area (Å²) in [4.78, 5) is 37.5. The number of thioether (sulfide) groups is 1. The van der Waals surface area contributed by atoms with Gasteiger partial charge in [0.1, 0.15) is 11.6 Å². The summed E-state index contributed by atoms with van der Waals surface area (Å²) >= 11 is 1.58. The molecule has 0 bridgehead atoms. The molecule has 2 aromatic heterocycles. The largest absolute Gasteiger partial charge is 0.467 e. The lowest BCUT2D eigenvalue weighted by Crippen LogP contribution is -2.48. The monoisotopic (exact) mass is 479 g/mol. The van der Waals surface area contributed by atoms with E-state index in [4.69, 9.17) is 9.40 Å². The van der Waals surface area contributed by atoms with Gasteiger partial charge in [-0.05, 0) is 36.2 Å². The second-order valence-corrected chi connectivity index (χ2v) is 9.04. The lowest BCUT2D eigenvalue weighted by molar-refractivity contribution is -0.129. The average molecular weight is 480 g/mol. The van der Waals surface area contributed by atoms with Crippen LogP contribution >= 0.6 is 11.8 Å². The van der Waals surface area contributed by atoms with Crippen molar-refractivity contribution in [1.82, 2.24) is 20.2 Å². The van der Waals surface area contributed by atoms with Crippen molar-refractivity contribution in [3.8, 4) is 0 Å². The third kappa shape index (κ3) is 6.17. The number of nitrogens with zero attached hydrogens (tertiary/aromatic N) is 4. The first kappa shape index (κ1) is 23.8. The molecule has 0 unspecified atom stereocenters. The number of piperazine rings is 1. The Balaban J connectivity index is 1.35. The highest BCUT2D eigenvalue weighted by atomic mass is 32.2. The number of hydrogen-bond donors (Lipinski definition) is 1. The normalized spacial score (nSPS) is 13.7. The van der Waals surface area contributed by atoms with Gasteiger partial charge < -0.3 is 19.5 Å². The van der Waals surface area contributed by atoms with Crippen LogP contribution in [0.5, 0.6) is 0 Å². The average Bonchev–Trinajstić information content (AvgIpc) is 3.40. The van der Waals surface area contributed by atoms with Crippen molar-refractivity contribution >= 4 is 29.4 Å². The van der Waals surface area contributed by atoms with Gasteiger partial charge >= 0.3 is 0 Å². The molecule has 1 fully saturated rings. The predicted molar refractivity (Wildman–Crippen MR) is 132 cm³/mol. The van der Waals surface area contributed by atoms with Crippen molar-refractivity contribution in [3.05, 3.63) is 71.3 Å². The lowest BCUT2D eigenvalue weighted by atomic mass is 10.1. The number of nitrogens with one attached hydrogen (secondary N) is 1. The van der Waals surface area contributed by atoms with Gasteiger partial charge in [0, 0.05) is 56.2 Å². The molecule has 8 nitrogen and oxygen atoms in total. The molecule has 3 heterocycles. The molecule has 4 rings (SSSR count). The maximum absolute atomic E-state index is 12.3. The minimum atomic E-state index is -0.135. The topological polar surface area (TPSA) is 91.6 Å². The summed E-state index contributed by atoms with van der Waals surface area (Å²) in [6, 6.07) is 13.2. The molecule has 1 aliphatic rings. The number of aryl methyl sites for hydroxylation is 1. The minimum Gasteiger partial charge on any atom is -0.467 e. The standard InChI is InChI=1S/C25H29N5O3S/c1-3-21-15-23(30-12-10-29(11-13-30)18(2)31)28-25(27-21)34-17-19-6-8-20(9-7-19)24(32)26-16-22-5-4-14-33-22/h4-9,14-15H,3,10-13,16-17H2,1-2H3,(H,26,32). The van der Waals surface area contributed by atoms with Gasteiger partial charge in [0.25, 0.3) is 5.91 Å². The van der Waals surface area contributed by atoms with Crippen molar-refractivity contribution in [2.45, 2.75) is 37.7 Å². The zero-order chi connectivity index (χ0) is 23.9. The number of carbonyl (C=O) groups excluding carboxylic acids is 2. The fourth-order valence-corrected chi connectivity index (χ4v) is 4.53. The van der Waals surface area contributed by atoms with Gasteiger partial charge in [-0.2, -0.15) is 0 Å². The molecule has 0 spiro atoms. The van der Waals surface area contributed by atoms with Gasteiger partial charge in [0.2, 0.25) is 5.91 Å². The number of rotatable bonds is 8. The lowest BCUT2D eigenvalue weighted by Gasteiger charge is -2.35. The highest BCUT2D eigenvalue weighted by Crippen LogP contribution is 2.24. The van der Waals surface area contributed by atoms with E-state index in [9.17, 15) is 9.59 Å². The molecule has 178 valence electrons. The summed E-state index contributed by atoms with van der Waals surface area (Å²) in [6.07, 6.45) is 2.42. The van der Waals surface area contributed by atoms with Crippen LogP contribution in [0.1, 0.15) is 41.2 Å². The SMILES string of the molecule is CCc1cc(N2CCN(C(C)=O)CC2)nc(SCc2ccc(C(=O)NCc3ccco3)cc2)n1. The van der Waals surface area contributed by atoms with Crippen LogP contribution in [0.15, 0.2) is 58.3 Å². The molecule has 1 aromatic carbocycles. The number of anilines is 1. The Hall–Kier alpha value is -3.33. The minimum absolute atomic E-state index is 0.119. The highest BCUT2D eigenvalue weighted by Gasteiger charge is 2.20. The Morgan fingerprint density at radius 1 is 1.09 bits per heavy atom. The predicted octanol–water partition coefficient (Wildman–Crippen LogP) is 3.52. The number of amides is 2. The van der Waals surface area contributed by atoms with E-state index < -0.39 is 0 Å². The summed E-state index contributed by atoms with van der Waals surface area (Å²) in [5.41, 5.74) is 2.70. The molecule has 0 saturated carbocycles. The molecular weight excluding hydrogens is 450 g/mol. The quantitative estimate of drug-likeness (QED) is 0.390. The van der Waals surface area contributed by atoms with E-state index >= 15 is 0 Å². The van der Waals surface area contributed by atoms with Crippen molar-refractivity contribution < 1.29 is 14.0 Å². The second-order valence-electron chi connectivity index (χ2n) is 8.09. The van der Waals surface area contributed by atoms with Gasteiger partial charge in [0.05, 0.1) is 12.8 Å². The van der Waals surface area contributed by atoms with Crippen molar-refractivity contribution in [1.29, 1.82) is 0 Å².